The number of hydrogen-bond donors (Lipinski definition) is 2. The van der Waals surface area contributed by atoms with E-state index in [9.17, 15) is 14.7 Å². The van der Waals surface area contributed by atoms with Crippen LogP contribution in [0.5, 0.6) is 0 Å². The minimum Gasteiger partial charge on any atom is -0.481 e. The molecule has 0 amide bonds. The minimum absolute atomic E-state index is 0.0579. The van der Waals surface area contributed by atoms with Crippen molar-refractivity contribution in [2.45, 2.75) is 181 Å². The number of hydrogen-bond acceptors (Lipinski definition) is 8. The van der Waals surface area contributed by atoms with Crippen molar-refractivity contribution in [2.24, 2.45) is 0 Å². The van der Waals surface area contributed by atoms with E-state index in [1.807, 2.05) is 62.4 Å². The van der Waals surface area contributed by atoms with E-state index < -0.39 is 5.97 Å². The minimum atomic E-state index is -0.767. The maximum absolute atomic E-state index is 12.6. The Balaban J connectivity index is 0.000000202. The lowest BCUT2D eigenvalue weighted by Crippen LogP contribution is -2.39. The van der Waals surface area contributed by atoms with E-state index in [4.69, 9.17) is 30.2 Å². The molecule has 0 spiro atoms. The Bertz CT molecular complexity index is 2400. The number of aliphatic hydroxyl groups is 1. The van der Waals surface area contributed by atoms with Crippen molar-refractivity contribution in [3.8, 4) is 12.8 Å². The first kappa shape index (κ1) is 51.2. The third-order valence-electron chi connectivity index (χ3n) is 12.4. The topological polar surface area (TPSA) is 131 Å². The zero-order chi connectivity index (χ0) is 49.0. The number of terminal acetylenes is 1. The molecule has 4 aromatic carbocycles. The van der Waals surface area contributed by atoms with Crippen LogP contribution in [-0.2, 0) is 46.4 Å². The second kappa shape index (κ2) is 26.9. The highest BCUT2D eigenvalue weighted by Crippen LogP contribution is 2.31. The van der Waals surface area contributed by atoms with Gasteiger partial charge in [0, 0.05) is 76.0 Å². The third kappa shape index (κ3) is 14.9. The summed E-state index contributed by atoms with van der Waals surface area (Å²) >= 11 is 0. The third-order valence-corrected chi connectivity index (χ3v) is 12.4. The molecule has 0 aliphatic carbocycles. The van der Waals surface area contributed by atoms with E-state index in [-0.39, 0.29) is 55.5 Å². The van der Waals surface area contributed by atoms with Crippen molar-refractivity contribution in [3.05, 3.63) is 97.1 Å². The van der Waals surface area contributed by atoms with Gasteiger partial charge in [-0.15, -0.1) is 12.8 Å². The van der Waals surface area contributed by atoms with Crippen molar-refractivity contribution < 1.29 is 44.9 Å². The summed E-state index contributed by atoms with van der Waals surface area (Å²) in [6.07, 6.45) is 15.5. The molecule has 11 heteroatoms. The van der Waals surface area contributed by atoms with Gasteiger partial charge in [-0.1, -0.05) is 113 Å². The van der Waals surface area contributed by atoms with Crippen LogP contribution in [0.25, 0.3) is 43.6 Å². The number of esters is 1. The Morgan fingerprint density at radius 2 is 1.00 bits per heavy atom. The Labute approximate surface area is 399 Å². The largest absolute Gasteiger partial charge is 0.481 e. The maximum atomic E-state index is 12.6. The van der Waals surface area contributed by atoms with E-state index >= 15 is 0 Å². The molecule has 2 aromatic heterocycles. The molecule has 2 fully saturated rings. The monoisotopic (exact) mass is 920 g/mol. The van der Waals surface area contributed by atoms with E-state index in [1.54, 1.807) is 0 Å². The molecule has 8 atom stereocenters. The summed E-state index contributed by atoms with van der Waals surface area (Å²) in [6, 6.07) is 32.9. The predicted molar refractivity (Wildman–Crippen MR) is 269 cm³/mol. The summed E-state index contributed by atoms with van der Waals surface area (Å²) in [4.78, 5) is 23.4. The Hall–Kier alpha value is -5.22. The van der Waals surface area contributed by atoms with Crippen LogP contribution in [0.15, 0.2) is 97.1 Å². The standard InChI is InChI=1S/C27H35NO4.C15H13NO2.C12H24O3.C2H2/c1-4-10-27-31-20(5-2)18-21(32-27)17-19(3)30-26(29)15-16-28-24-13-8-6-11-22(24)23-12-7-9-14-25(23)28;17-15(18)9-10-16-13-7-3-1-5-11(13)12-6-2-4-8-14(12)16;1-4-6-12-14-10(5-2)8-11(15-12)7-9(3)13;1-2/h6-9,11-14,19-21,27H,4-5,10,15-18H2,1-3H3;1-8H,9-10H2,(H,17,18);9-13H,4-8H2,1-3H3;1-2H/i;;;1D. The molecule has 11 nitrogen and oxygen atoms in total. The van der Waals surface area contributed by atoms with Gasteiger partial charge in [0.05, 0.1) is 43.4 Å². The molecule has 4 heterocycles. The molecule has 0 bridgehead atoms. The van der Waals surface area contributed by atoms with Crippen molar-refractivity contribution in [2.75, 3.05) is 0 Å². The van der Waals surface area contributed by atoms with Crippen molar-refractivity contribution >= 4 is 55.6 Å². The zero-order valence-corrected chi connectivity index (χ0v) is 40.5. The van der Waals surface area contributed by atoms with Crippen LogP contribution in [0.4, 0.5) is 0 Å². The average Bonchev–Trinajstić information content (AvgIpc) is 3.82. The van der Waals surface area contributed by atoms with Gasteiger partial charge in [-0.2, -0.15) is 0 Å². The Kier molecular flexibility index (Phi) is 20.6. The van der Waals surface area contributed by atoms with Crippen LogP contribution in [-0.4, -0.2) is 80.5 Å². The lowest BCUT2D eigenvalue weighted by Gasteiger charge is -2.36. The van der Waals surface area contributed by atoms with Crippen molar-refractivity contribution in [1.29, 1.82) is 0 Å². The molecule has 0 saturated carbocycles. The van der Waals surface area contributed by atoms with Gasteiger partial charge in [0.1, 0.15) is 7.47 Å². The number of ether oxygens (including phenoxy) is 5. The fourth-order valence-electron chi connectivity index (χ4n) is 9.29. The molecule has 2 N–H and O–H groups in total. The van der Waals surface area contributed by atoms with Crippen LogP contribution in [0, 0.1) is 12.8 Å². The molecule has 0 radical (unpaired) electrons. The summed E-state index contributed by atoms with van der Waals surface area (Å²) in [5.41, 5.74) is 4.50. The van der Waals surface area contributed by atoms with Crippen molar-refractivity contribution in [3.63, 3.8) is 0 Å². The number of aliphatic carboxylic acids is 1. The summed E-state index contributed by atoms with van der Waals surface area (Å²) in [5, 5.41) is 23.0. The first-order valence-electron chi connectivity index (χ1n) is 24.9. The lowest BCUT2D eigenvalue weighted by molar-refractivity contribution is -0.249. The number of rotatable bonds is 17. The first-order chi connectivity index (χ1) is 32.9. The quantitative estimate of drug-likeness (QED) is 0.0678. The normalized spacial score (nSPS) is 21.4. The summed E-state index contributed by atoms with van der Waals surface area (Å²) in [7, 11) is 0. The van der Waals surface area contributed by atoms with Gasteiger partial charge < -0.3 is 43.0 Å². The summed E-state index contributed by atoms with van der Waals surface area (Å²) in [6.45, 7) is 13.4. The average molecular weight is 920 g/mol. The number of aliphatic hydroxyl groups excluding tert-OH is 1. The second-order valence-electron chi connectivity index (χ2n) is 17.6. The van der Waals surface area contributed by atoms with E-state index in [2.05, 4.69) is 91.8 Å². The fraction of sp³-hybridized carbons (Fsp3) is 0.500. The number of para-hydroxylation sites is 4. The zero-order valence-electron chi connectivity index (χ0n) is 41.5. The number of carboxylic acids is 1. The molecule has 2 aliphatic rings. The van der Waals surface area contributed by atoms with Crippen LogP contribution in [0.3, 0.4) is 0 Å². The van der Waals surface area contributed by atoms with Crippen LogP contribution < -0.4 is 0 Å². The molecule has 8 unspecified atom stereocenters. The molecule has 67 heavy (non-hydrogen) atoms. The highest BCUT2D eigenvalue weighted by atomic mass is 16.7. The molecule has 6 aromatic rings. The van der Waals surface area contributed by atoms with Crippen LogP contribution in [0.1, 0.15) is 120 Å². The van der Waals surface area contributed by atoms with Gasteiger partial charge in [-0.3, -0.25) is 9.59 Å². The molecule has 2 aliphatic heterocycles. The van der Waals surface area contributed by atoms with Crippen LogP contribution >= 0.6 is 0 Å². The second-order valence-corrected chi connectivity index (χ2v) is 17.6. The number of benzene rings is 4. The number of nitrogens with zero attached hydrogens (tertiary/aromatic N) is 2. The number of aromatic nitrogens is 2. The van der Waals surface area contributed by atoms with Gasteiger partial charge in [0.15, 0.2) is 12.6 Å². The SMILES string of the molecule is CCCC1OC(CC)CC(CC(C)O)O1.CCCC1OC(CC)CC(CC(C)OC(=O)CCn2c3ccccc3c3ccccc32)O1.O=C(O)CCn1c2ccccc2c2ccccc21.[2H]C#C. The highest BCUT2D eigenvalue weighted by molar-refractivity contribution is 6.08. The number of carbonyl (C=O) groups is 2. The highest BCUT2D eigenvalue weighted by Gasteiger charge is 2.31. The Morgan fingerprint density at radius 1 is 0.642 bits per heavy atom. The summed E-state index contributed by atoms with van der Waals surface area (Å²) in [5.74, 6) is -0.930. The molecule has 2 saturated heterocycles. The molecular formula is C56H74N2O9. The fourth-order valence-corrected chi connectivity index (χ4v) is 9.29. The number of carboxylic acid groups (broad SMARTS) is 1. The number of fused-ring (bicyclic) bond motifs is 6. The van der Waals surface area contributed by atoms with E-state index in [1.165, 1.54) is 27.9 Å². The lowest BCUT2D eigenvalue weighted by atomic mass is 10.0. The number of aryl methyl sites for hydroxylation is 2. The predicted octanol–water partition coefficient (Wildman–Crippen LogP) is 12.2. The van der Waals surface area contributed by atoms with Gasteiger partial charge in [0.25, 0.3) is 0 Å². The van der Waals surface area contributed by atoms with Gasteiger partial charge >= 0.3 is 11.9 Å². The van der Waals surface area contributed by atoms with Gasteiger partial charge in [-0.05, 0) is 70.2 Å². The smallest absolute Gasteiger partial charge is 0.307 e. The van der Waals surface area contributed by atoms with Gasteiger partial charge in [-0.25, -0.2) is 0 Å². The van der Waals surface area contributed by atoms with E-state index in [0.29, 0.717) is 32.0 Å². The van der Waals surface area contributed by atoms with Crippen LogP contribution in [0.2, 0.25) is 0 Å². The van der Waals surface area contributed by atoms with E-state index in [0.717, 1.165) is 79.9 Å². The van der Waals surface area contributed by atoms with Gasteiger partial charge in [0.2, 0.25) is 0 Å². The number of carbonyl (C=O) groups excluding carboxylic acids is 1. The van der Waals surface area contributed by atoms with Crippen molar-refractivity contribution in [1.82, 2.24) is 9.13 Å². The molecule has 362 valence electrons. The summed E-state index contributed by atoms with van der Waals surface area (Å²) < 4.78 is 39.5. The maximum Gasteiger partial charge on any atom is 0.307 e. The Morgan fingerprint density at radius 3 is 1.36 bits per heavy atom. The first-order valence-corrected chi connectivity index (χ1v) is 24.4. The molecule has 8 rings (SSSR count). The molecular weight excluding hydrogens is 845 g/mol.